The summed E-state index contributed by atoms with van der Waals surface area (Å²) in [5.41, 5.74) is 2.61. The fraction of sp³-hybridized carbons (Fsp3) is 0.188. The summed E-state index contributed by atoms with van der Waals surface area (Å²) in [5, 5.41) is 3.21. The van der Waals surface area contributed by atoms with E-state index in [0.29, 0.717) is 16.8 Å². The zero-order valence-corrected chi connectivity index (χ0v) is 13.0. The van der Waals surface area contributed by atoms with Gasteiger partial charge < -0.3 is 9.73 Å². The van der Waals surface area contributed by atoms with Gasteiger partial charge >= 0.3 is 0 Å². The number of rotatable bonds is 4. The van der Waals surface area contributed by atoms with Crippen molar-refractivity contribution in [3.8, 4) is 0 Å². The quantitative estimate of drug-likeness (QED) is 0.766. The van der Waals surface area contributed by atoms with Crippen molar-refractivity contribution in [3.63, 3.8) is 0 Å². The molecule has 0 bridgehead atoms. The first-order valence-corrected chi connectivity index (χ1v) is 7.43. The fourth-order valence-electron chi connectivity index (χ4n) is 2.30. The molecule has 0 saturated heterocycles. The number of hydrogen-bond acceptors (Lipinski definition) is 3. The molecule has 0 saturated carbocycles. The molecule has 1 unspecified atom stereocenters. The number of para-hydroxylation sites is 2. The van der Waals surface area contributed by atoms with Gasteiger partial charge in [-0.15, -0.1) is 0 Å². The van der Waals surface area contributed by atoms with Gasteiger partial charge in [-0.25, -0.2) is 9.37 Å². The summed E-state index contributed by atoms with van der Waals surface area (Å²) < 4.78 is 19.5. The van der Waals surface area contributed by atoms with E-state index in [4.69, 9.17) is 4.42 Å². The van der Waals surface area contributed by atoms with E-state index in [2.05, 4.69) is 26.2 Å². The van der Waals surface area contributed by atoms with Crippen molar-refractivity contribution in [2.45, 2.75) is 12.5 Å². The molecule has 1 N–H and O–H groups in total. The summed E-state index contributed by atoms with van der Waals surface area (Å²) in [5.74, 6) is 0.395. The highest BCUT2D eigenvalue weighted by Crippen LogP contribution is 2.25. The molecule has 0 aliphatic carbocycles. The second-order valence-electron chi connectivity index (χ2n) is 4.79. The first-order chi connectivity index (χ1) is 10.2. The van der Waals surface area contributed by atoms with Crippen LogP contribution in [0.5, 0.6) is 0 Å². The van der Waals surface area contributed by atoms with E-state index in [1.165, 1.54) is 6.07 Å². The summed E-state index contributed by atoms with van der Waals surface area (Å²) in [4.78, 5) is 4.47. The van der Waals surface area contributed by atoms with Crippen molar-refractivity contribution >= 4 is 27.0 Å². The molecule has 108 valence electrons. The molecule has 1 heterocycles. The van der Waals surface area contributed by atoms with Gasteiger partial charge in [0.1, 0.15) is 11.3 Å². The van der Waals surface area contributed by atoms with Crippen molar-refractivity contribution < 1.29 is 8.81 Å². The summed E-state index contributed by atoms with van der Waals surface area (Å²) >= 11 is 3.22. The number of fused-ring (bicyclic) bond motifs is 1. The Kier molecular flexibility index (Phi) is 4.03. The van der Waals surface area contributed by atoms with Crippen LogP contribution in [0.15, 0.2) is 51.4 Å². The fourth-order valence-corrected chi connectivity index (χ4v) is 2.69. The Labute approximate surface area is 130 Å². The van der Waals surface area contributed by atoms with Crippen LogP contribution in [0.4, 0.5) is 4.39 Å². The van der Waals surface area contributed by atoms with Gasteiger partial charge in [0.15, 0.2) is 11.5 Å². The van der Waals surface area contributed by atoms with Crippen LogP contribution < -0.4 is 5.32 Å². The predicted octanol–water partition coefficient (Wildman–Crippen LogP) is 4.23. The van der Waals surface area contributed by atoms with Gasteiger partial charge in [0.2, 0.25) is 0 Å². The second kappa shape index (κ2) is 5.95. The molecule has 3 nitrogen and oxygen atoms in total. The molecule has 21 heavy (non-hydrogen) atoms. The molecule has 2 aromatic carbocycles. The number of aromatic nitrogens is 1. The van der Waals surface area contributed by atoms with Crippen LogP contribution in [-0.4, -0.2) is 12.0 Å². The molecule has 3 aromatic rings. The molecule has 1 atom stereocenters. The van der Waals surface area contributed by atoms with Crippen molar-refractivity contribution in [2.75, 3.05) is 7.05 Å². The summed E-state index contributed by atoms with van der Waals surface area (Å²) in [6, 6.07) is 12.7. The number of nitrogens with one attached hydrogen (secondary N) is 1. The van der Waals surface area contributed by atoms with Crippen molar-refractivity contribution in [1.29, 1.82) is 0 Å². The molecule has 0 fully saturated rings. The summed E-state index contributed by atoms with van der Waals surface area (Å²) in [7, 11) is 1.87. The van der Waals surface area contributed by atoms with E-state index in [9.17, 15) is 4.39 Å². The number of halogens is 2. The van der Waals surface area contributed by atoms with E-state index < -0.39 is 0 Å². The van der Waals surface area contributed by atoms with E-state index in [1.54, 1.807) is 12.1 Å². The average molecular weight is 349 g/mol. The van der Waals surface area contributed by atoms with Gasteiger partial charge in [0.05, 0.1) is 4.47 Å². The van der Waals surface area contributed by atoms with Crippen LogP contribution in [0.25, 0.3) is 11.1 Å². The lowest BCUT2D eigenvalue weighted by Gasteiger charge is -2.15. The van der Waals surface area contributed by atoms with Gasteiger partial charge in [-0.2, -0.15) is 0 Å². The van der Waals surface area contributed by atoms with E-state index in [1.807, 2.05) is 31.3 Å². The Morgan fingerprint density at radius 1 is 1.29 bits per heavy atom. The highest BCUT2D eigenvalue weighted by Gasteiger charge is 2.15. The standard InChI is InChI=1S/C16H14BrFN2O/c1-19-14(10-6-7-12(18)11(17)8-10)9-16-20-13-4-2-3-5-15(13)21-16/h2-8,14,19H,9H2,1H3. The van der Waals surface area contributed by atoms with Crippen LogP contribution in [-0.2, 0) is 6.42 Å². The van der Waals surface area contributed by atoms with Crippen LogP contribution in [0.3, 0.4) is 0 Å². The van der Waals surface area contributed by atoms with E-state index >= 15 is 0 Å². The largest absolute Gasteiger partial charge is 0.441 e. The first-order valence-electron chi connectivity index (χ1n) is 6.64. The SMILES string of the molecule is CNC(Cc1nc2ccccc2o1)c1ccc(F)c(Br)c1. The van der Waals surface area contributed by atoms with Crippen LogP contribution in [0, 0.1) is 5.82 Å². The highest BCUT2D eigenvalue weighted by atomic mass is 79.9. The summed E-state index contributed by atoms with van der Waals surface area (Å²) in [6.07, 6.45) is 0.600. The number of nitrogens with zero attached hydrogens (tertiary/aromatic N) is 1. The monoisotopic (exact) mass is 348 g/mol. The maximum Gasteiger partial charge on any atom is 0.197 e. The van der Waals surface area contributed by atoms with Gasteiger partial charge in [-0.05, 0) is 52.8 Å². The molecular formula is C16H14BrFN2O. The normalized spacial score (nSPS) is 12.7. The molecule has 0 aliphatic heterocycles. The van der Waals surface area contributed by atoms with Gasteiger partial charge in [0, 0.05) is 12.5 Å². The molecule has 1 aromatic heterocycles. The minimum absolute atomic E-state index is 0.00922. The lowest BCUT2D eigenvalue weighted by molar-refractivity contribution is 0.473. The molecule has 0 aliphatic rings. The van der Waals surface area contributed by atoms with Crippen molar-refractivity contribution in [2.24, 2.45) is 0 Å². The smallest absolute Gasteiger partial charge is 0.197 e. The number of hydrogen-bond donors (Lipinski definition) is 1. The van der Waals surface area contributed by atoms with E-state index in [-0.39, 0.29) is 11.9 Å². The Balaban J connectivity index is 1.88. The molecule has 3 rings (SSSR count). The van der Waals surface area contributed by atoms with Crippen LogP contribution in [0.2, 0.25) is 0 Å². The molecule has 0 amide bonds. The Bertz CT molecular complexity index is 739. The minimum atomic E-state index is -0.268. The maximum atomic E-state index is 13.3. The number of oxazole rings is 1. The predicted molar refractivity (Wildman–Crippen MR) is 83.6 cm³/mol. The molecular weight excluding hydrogens is 335 g/mol. The number of benzene rings is 2. The van der Waals surface area contributed by atoms with Gasteiger partial charge in [-0.1, -0.05) is 18.2 Å². The maximum absolute atomic E-state index is 13.3. The second-order valence-corrected chi connectivity index (χ2v) is 5.65. The number of likely N-dealkylation sites (N-methyl/N-ethyl adjacent to an activating group) is 1. The topological polar surface area (TPSA) is 38.1 Å². The summed E-state index contributed by atoms with van der Waals surface area (Å²) in [6.45, 7) is 0. The lowest BCUT2D eigenvalue weighted by atomic mass is 10.0. The van der Waals surface area contributed by atoms with Crippen molar-refractivity contribution in [1.82, 2.24) is 10.3 Å². The zero-order chi connectivity index (χ0) is 14.8. The minimum Gasteiger partial charge on any atom is -0.441 e. The third-order valence-corrected chi connectivity index (χ3v) is 4.02. The van der Waals surface area contributed by atoms with Crippen LogP contribution >= 0.6 is 15.9 Å². The third kappa shape index (κ3) is 2.99. The molecule has 5 heteroatoms. The van der Waals surface area contributed by atoms with Gasteiger partial charge in [-0.3, -0.25) is 0 Å². The molecule has 0 radical (unpaired) electrons. The Morgan fingerprint density at radius 2 is 2.10 bits per heavy atom. The Hall–Kier alpha value is -1.72. The first kappa shape index (κ1) is 14.2. The zero-order valence-electron chi connectivity index (χ0n) is 11.4. The third-order valence-electron chi connectivity index (χ3n) is 3.41. The van der Waals surface area contributed by atoms with Crippen molar-refractivity contribution in [3.05, 3.63) is 64.2 Å². The average Bonchev–Trinajstić information content (AvgIpc) is 2.90. The lowest BCUT2D eigenvalue weighted by Crippen LogP contribution is -2.19. The van der Waals surface area contributed by atoms with Gasteiger partial charge in [0.25, 0.3) is 0 Å². The highest BCUT2D eigenvalue weighted by molar-refractivity contribution is 9.10. The molecule has 0 spiro atoms. The Morgan fingerprint density at radius 3 is 2.81 bits per heavy atom. The van der Waals surface area contributed by atoms with E-state index in [0.717, 1.165) is 16.7 Å². The van der Waals surface area contributed by atoms with Crippen LogP contribution in [0.1, 0.15) is 17.5 Å².